The van der Waals surface area contributed by atoms with E-state index in [4.69, 9.17) is 37.5 Å². The first kappa shape index (κ1) is 41.5. The Morgan fingerprint density at radius 3 is 1.59 bits per heavy atom. The molecular weight excluding hydrogens is 754 g/mol. The van der Waals surface area contributed by atoms with Gasteiger partial charge < -0.3 is 64.2 Å². The summed E-state index contributed by atoms with van der Waals surface area (Å²) in [7, 11) is -15.6. The Hall–Kier alpha value is -1.89. The summed E-state index contributed by atoms with van der Waals surface area (Å²) >= 11 is 0. The van der Waals surface area contributed by atoms with Crippen molar-refractivity contribution in [3.05, 3.63) is 0 Å². The van der Waals surface area contributed by atoms with Gasteiger partial charge in [-0.1, -0.05) is 0 Å². The van der Waals surface area contributed by atoms with E-state index < -0.39 is 142 Å². The number of nitrogens with one attached hydrogen (secondary N) is 1. The minimum Gasteiger partial charge on any atom is -0.479 e. The highest BCUT2D eigenvalue weighted by Crippen LogP contribution is 2.34. The molecule has 0 amide bonds. The van der Waals surface area contributed by atoms with Crippen LogP contribution in [0.1, 0.15) is 0 Å². The van der Waals surface area contributed by atoms with E-state index in [1.165, 1.54) is 4.72 Å². The number of rotatable bonds is 14. The summed E-state index contributed by atoms with van der Waals surface area (Å²) < 4.78 is 138. The molecule has 286 valence electrons. The SMILES string of the molecule is CO[C@@H]1O[C@@H](C(=O)O)[C@@H](O[C@H]2O[C@H](CO)[C@@H](O[C@@H]3O[C@@H](C(=O)O)[C@@H](O)[C@H](O)[C@H]3OS(=O)(=O)O)[C@H](O)[C@H]2NS(=O)(=O)O)[C@H](O)[C@H]1OS(=O)(=O)O. The number of aliphatic carboxylic acids is 2. The van der Waals surface area contributed by atoms with E-state index in [-0.39, 0.29) is 0 Å². The van der Waals surface area contributed by atoms with Crippen LogP contribution >= 0.6 is 0 Å². The lowest BCUT2D eigenvalue weighted by Gasteiger charge is -2.48. The second-order valence-corrected chi connectivity index (χ2v) is 13.5. The van der Waals surface area contributed by atoms with Gasteiger partial charge in [-0.15, -0.1) is 0 Å². The number of hydrogen-bond donors (Lipinski definition) is 11. The fourth-order valence-electron chi connectivity index (χ4n) is 4.96. The molecule has 11 N–H and O–H groups in total. The first-order valence-corrected chi connectivity index (χ1v) is 17.2. The molecule has 0 bridgehead atoms. The monoisotopic (exact) mass is 785 g/mol. The standard InChI is InChI=1S/C19H31NO26S3/c1-39-18-13(46-49(36,37)38)8(25)10(14(44-18)16(28)29)42-17-4(20-47(30,31)32)5(22)9(3(2-21)40-17)41-19-12(45-48(33,34)35)7(24)6(23)11(43-19)15(26)27/h3-14,17-25H,2H2,1H3,(H,26,27)(H,28,29)(H,30,31,32)(H,33,34,35)(H,36,37,38)/t3-,4-,5-,6+,7+,8+,9-,10+,11-,12-,13-,14-,17-,18-,19-/m1/s1. The number of ether oxygens (including phenoxy) is 6. The van der Waals surface area contributed by atoms with E-state index in [1.54, 1.807) is 0 Å². The van der Waals surface area contributed by atoms with Gasteiger partial charge in [-0.05, 0) is 0 Å². The smallest absolute Gasteiger partial charge is 0.397 e. The van der Waals surface area contributed by atoms with Crippen molar-refractivity contribution in [2.45, 2.75) is 92.1 Å². The molecule has 49 heavy (non-hydrogen) atoms. The summed E-state index contributed by atoms with van der Waals surface area (Å²) in [6.45, 7) is -1.30. The van der Waals surface area contributed by atoms with Gasteiger partial charge in [0.15, 0.2) is 43.3 Å². The summed E-state index contributed by atoms with van der Waals surface area (Å²) in [4.78, 5) is 23.6. The Morgan fingerprint density at radius 1 is 0.653 bits per heavy atom. The van der Waals surface area contributed by atoms with Crippen molar-refractivity contribution in [1.82, 2.24) is 4.72 Å². The maximum absolute atomic E-state index is 12.0. The zero-order valence-electron chi connectivity index (χ0n) is 24.1. The van der Waals surface area contributed by atoms with Crippen molar-refractivity contribution >= 4 is 43.0 Å². The van der Waals surface area contributed by atoms with Crippen LogP contribution in [-0.4, -0.2) is 192 Å². The third-order valence-corrected chi connectivity index (χ3v) is 8.47. The van der Waals surface area contributed by atoms with E-state index in [0.717, 1.165) is 7.11 Å². The van der Waals surface area contributed by atoms with Gasteiger partial charge in [0.1, 0.15) is 48.8 Å². The van der Waals surface area contributed by atoms with E-state index in [2.05, 4.69) is 8.37 Å². The van der Waals surface area contributed by atoms with Crippen LogP contribution in [0.5, 0.6) is 0 Å². The van der Waals surface area contributed by atoms with E-state index in [1.807, 2.05) is 0 Å². The molecule has 3 fully saturated rings. The van der Waals surface area contributed by atoms with Gasteiger partial charge in [-0.2, -0.15) is 30.0 Å². The van der Waals surface area contributed by atoms with Gasteiger partial charge in [-0.3, -0.25) is 13.7 Å². The van der Waals surface area contributed by atoms with Crippen LogP contribution in [0.25, 0.3) is 0 Å². The van der Waals surface area contributed by atoms with Crippen molar-refractivity contribution < 1.29 is 121 Å². The lowest BCUT2D eigenvalue weighted by molar-refractivity contribution is -0.358. The van der Waals surface area contributed by atoms with Crippen molar-refractivity contribution in [3.8, 4) is 0 Å². The third kappa shape index (κ3) is 10.3. The highest BCUT2D eigenvalue weighted by atomic mass is 32.3. The van der Waals surface area contributed by atoms with E-state index in [9.17, 15) is 75.1 Å². The molecule has 3 aliphatic heterocycles. The molecule has 0 radical (unpaired) electrons. The largest absolute Gasteiger partial charge is 0.479 e. The van der Waals surface area contributed by atoms with Gasteiger partial charge in [0.05, 0.1) is 6.61 Å². The summed E-state index contributed by atoms with van der Waals surface area (Å²) in [5, 5.41) is 71.4. The zero-order chi connectivity index (χ0) is 37.4. The van der Waals surface area contributed by atoms with Crippen LogP contribution in [0.15, 0.2) is 0 Å². The van der Waals surface area contributed by atoms with Gasteiger partial charge in [0.2, 0.25) is 0 Å². The van der Waals surface area contributed by atoms with Crippen LogP contribution in [-0.2, 0) is 77.5 Å². The molecular formula is C19H31NO26S3. The molecule has 0 spiro atoms. The van der Waals surface area contributed by atoms with Gasteiger partial charge in [-0.25, -0.2) is 18.0 Å². The van der Waals surface area contributed by atoms with Gasteiger partial charge >= 0.3 is 43.0 Å². The number of carboxylic acid groups (broad SMARTS) is 2. The van der Waals surface area contributed by atoms with Crippen LogP contribution in [0, 0.1) is 0 Å². The van der Waals surface area contributed by atoms with Crippen molar-refractivity contribution in [3.63, 3.8) is 0 Å². The van der Waals surface area contributed by atoms with E-state index in [0.29, 0.717) is 0 Å². The lowest BCUT2D eigenvalue weighted by Crippen LogP contribution is -2.70. The minimum atomic E-state index is -5.55. The molecule has 0 saturated carbocycles. The predicted molar refractivity (Wildman–Crippen MR) is 140 cm³/mol. The van der Waals surface area contributed by atoms with Crippen LogP contribution in [0.4, 0.5) is 0 Å². The molecule has 0 aliphatic carbocycles. The van der Waals surface area contributed by atoms with Gasteiger partial charge in [0, 0.05) is 7.11 Å². The first-order chi connectivity index (χ1) is 22.4. The Kier molecular flexibility index (Phi) is 13.4. The molecule has 3 rings (SSSR count). The Morgan fingerprint density at radius 2 is 1.14 bits per heavy atom. The molecule has 0 aromatic carbocycles. The number of carboxylic acids is 2. The molecule has 15 atom stereocenters. The molecule has 30 heteroatoms. The summed E-state index contributed by atoms with van der Waals surface area (Å²) in [6.07, 6.45) is -33.3. The van der Waals surface area contributed by atoms with Crippen molar-refractivity contribution in [2.75, 3.05) is 13.7 Å². The normalized spacial score (nSPS) is 40.9. The zero-order valence-corrected chi connectivity index (χ0v) is 26.5. The fourth-order valence-corrected chi connectivity index (χ4v) is 6.53. The molecule has 3 heterocycles. The maximum Gasteiger partial charge on any atom is 0.397 e. The Bertz CT molecular complexity index is 1510. The van der Waals surface area contributed by atoms with Crippen LogP contribution in [0.3, 0.4) is 0 Å². The maximum atomic E-state index is 12.0. The minimum absolute atomic E-state index is 0.844. The van der Waals surface area contributed by atoms with Gasteiger partial charge in [0.25, 0.3) is 0 Å². The molecule has 27 nitrogen and oxygen atoms in total. The molecule has 3 aliphatic rings. The van der Waals surface area contributed by atoms with Crippen molar-refractivity contribution in [1.29, 1.82) is 0 Å². The highest BCUT2D eigenvalue weighted by molar-refractivity contribution is 7.83. The quantitative estimate of drug-likeness (QED) is 0.0728. The summed E-state index contributed by atoms with van der Waals surface area (Å²) in [5.41, 5.74) is 0. The number of aliphatic hydroxyl groups excluding tert-OH is 5. The molecule has 0 aromatic heterocycles. The van der Waals surface area contributed by atoms with Crippen LogP contribution < -0.4 is 4.72 Å². The molecule has 0 aromatic rings. The fraction of sp³-hybridized carbons (Fsp3) is 0.895. The second-order valence-electron chi connectivity index (χ2n) is 10.2. The second kappa shape index (κ2) is 15.8. The predicted octanol–water partition coefficient (Wildman–Crippen LogP) is -7.68. The third-order valence-electron chi connectivity index (χ3n) is 6.97. The Balaban J connectivity index is 2.02. The first-order valence-electron chi connectivity index (χ1n) is 13.0. The number of methoxy groups -OCH3 is 1. The number of aliphatic hydroxyl groups is 5. The van der Waals surface area contributed by atoms with Crippen molar-refractivity contribution in [2.24, 2.45) is 0 Å². The topological polar surface area (TPSA) is 425 Å². The molecule has 3 saturated heterocycles. The number of carbonyl (C=O) groups is 2. The van der Waals surface area contributed by atoms with Crippen LogP contribution in [0.2, 0.25) is 0 Å². The Labute approximate surface area is 274 Å². The average molecular weight is 786 g/mol. The summed E-state index contributed by atoms with van der Waals surface area (Å²) in [5.74, 6) is -3.92. The summed E-state index contributed by atoms with van der Waals surface area (Å²) in [6, 6.07) is -2.43. The number of hydrogen-bond acceptors (Lipinski definition) is 21. The lowest BCUT2D eigenvalue weighted by atomic mass is 9.95. The van der Waals surface area contributed by atoms with E-state index >= 15 is 0 Å². The average Bonchev–Trinajstić information content (AvgIpc) is 2.95. The highest BCUT2D eigenvalue weighted by Gasteiger charge is 2.57. The molecule has 0 unspecified atom stereocenters.